The Balaban J connectivity index is 1.30. The molecular weight excluding hydrogens is 442 g/mol. The first kappa shape index (κ1) is 20.4. The van der Waals surface area contributed by atoms with E-state index >= 15 is 0 Å². The number of hydrogen-bond donors (Lipinski definition) is 1. The molecule has 0 amide bonds. The van der Waals surface area contributed by atoms with Crippen LogP contribution < -0.4 is 4.72 Å². The number of rotatable bonds is 5. The monoisotopic (exact) mass is 465 g/mol. The van der Waals surface area contributed by atoms with E-state index in [0.717, 1.165) is 18.4 Å². The zero-order chi connectivity index (χ0) is 22.9. The van der Waals surface area contributed by atoms with Gasteiger partial charge in [-0.3, -0.25) is 9.52 Å². The van der Waals surface area contributed by atoms with Crippen LogP contribution in [0.5, 0.6) is 0 Å². The molecule has 5 atom stereocenters. The Hall–Kier alpha value is -3.20. The fourth-order valence-electron chi connectivity index (χ4n) is 5.69. The van der Waals surface area contributed by atoms with Gasteiger partial charge in [0.15, 0.2) is 0 Å². The third-order valence-corrected chi connectivity index (χ3v) is 8.77. The standard InChI is InChI=1S/C24H23N3O5S/c1-12-3-7-16(8-4-12)27-33(29,30)19-11-14(6-5-13(19)2)22-25-23(32-26-22)20-15-9-17-18(10-15)31-24(28)21(17)20/h3-8,11,15,17-18,20-21,27H,9-10H2,1-2H3/t15-,17+,18+,20-,21+/m1/s1. The Bertz CT molecular complexity index is 1360. The topological polar surface area (TPSA) is 111 Å². The van der Waals surface area contributed by atoms with E-state index in [0.29, 0.717) is 34.4 Å². The Kier molecular flexibility index (Phi) is 4.42. The Morgan fingerprint density at radius 3 is 2.61 bits per heavy atom. The highest BCUT2D eigenvalue weighted by molar-refractivity contribution is 7.92. The van der Waals surface area contributed by atoms with E-state index in [1.165, 1.54) is 0 Å². The van der Waals surface area contributed by atoms with Crippen molar-refractivity contribution in [2.24, 2.45) is 17.8 Å². The molecule has 8 nitrogen and oxygen atoms in total. The van der Waals surface area contributed by atoms with Crippen molar-refractivity contribution in [3.63, 3.8) is 0 Å². The van der Waals surface area contributed by atoms with Gasteiger partial charge in [0.25, 0.3) is 10.0 Å². The summed E-state index contributed by atoms with van der Waals surface area (Å²) in [5.41, 5.74) is 2.68. The second kappa shape index (κ2) is 7.15. The molecule has 2 bridgehead atoms. The van der Waals surface area contributed by atoms with E-state index in [9.17, 15) is 13.2 Å². The van der Waals surface area contributed by atoms with Crippen molar-refractivity contribution < 1.29 is 22.5 Å². The van der Waals surface area contributed by atoms with Crippen molar-refractivity contribution in [3.05, 3.63) is 59.5 Å². The van der Waals surface area contributed by atoms with Crippen LogP contribution in [0.3, 0.4) is 0 Å². The van der Waals surface area contributed by atoms with Crippen molar-refractivity contribution in [2.75, 3.05) is 4.72 Å². The number of carbonyl (C=O) groups is 1. The van der Waals surface area contributed by atoms with Gasteiger partial charge in [0.05, 0.1) is 16.7 Å². The summed E-state index contributed by atoms with van der Waals surface area (Å²) in [5, 5.41) is 4.12. The summed E-state index contributed by atoms with van der Waals surface area (Å²) in [4.78, 5) is 17.1. The molecule has 3 fully saturated rings. The molecule has 1 aliphatic heterocycles. The fraction of sp³-hybridized carbons (Fsp3) is 0.375. The molecule has 2 heterocycles. The lowest BCUT2D eigenvalue weighted by molar-refractivity contribution is -0.143. The zero-order valence-corrected chi connectivity index (χ0v) is 19.0. The molecular formula is C24H23N3O5S. The summed E-state index contributed by atoms with van der Waals surface area (Å²) in [6.07, 6.45) is 1.82. The zero-order valence-electron chi connectivity index (χ0n) is 18.2. The van der Waals surface area contributed by atoms with Gasteiger partial charge in [-0.15, -0.1) is 0 Å². The fourth-order valence-corrected chi connectivity index (χ4v) is 7.02. The van der Waals surface area contributed by atoms with Crippen molar-refractivity contribution in [3.8, 4) is 11.4 Å². The van der Waals surface area contributed by atoms with Crippen molar-refractivity contribution in [2.45, 2.75) is 43.6 Å². The van der Waals surface area contributed by atoms with Crippen LogP contribution in [-0.4, -0.2) is 30.6 Å². The van der Waals surface area contributed by atoms with E-state index in [4.69, 9.17) is 9.26 Å². The maximum absolute atomic E-state index is 13.1. The predicted octanol–water partition coefficient (Wildman–Crippen LogP) is 3.82. The van der Waals surface area contributed by atoms with Gasteiger partial charge in [-0.1, -0.05) is 35.0 Å². The van der Waals surface area contributed by atoms with Crippen LogP contribution in [0.15, 0.2) is 51.9 Å². The molecule has 6 rings (SSSR count). The summed E-state index contributed by atoms with van der Waals surface area (Å²) < 4.78 is 39.9. The number of esters is 1. The van der Waals surface area contributed by atoms with Gasteiger partial charge in [0, 0.05) is 17.2 Å². The average Bonchev–Trinajstić information content (AvgIpc) is 3.52. The highest BCUT2D eigenvalue weighted by Crippen LogP contribution is 2.61. The predicted molar refractivity (Wildman–Crippen MR) is 119 cm³/mol. The normalized spacial score (nSPS) is 27.7. The minimum absolute atomic E-state index is 0.0389. The molecule has 1 saturated heterocycles. The minimum Gasteiger partial charge on any atom is -0.462 e. The molecule has 3 aromatic rings. The number of fused-ring (bicyclic) bond motifs is 1. The van der Waals surface area contributed by atoms with Gasteiger partial charge >= 0.3 is 5.97 Å². The van der Waals surface area contributed by atoms with Crippen LogP contribution in [0.25, 0.3) is 11.4 Å². The van der Waals surface area contributed by atoms with Crippen LogP contribution in [0.2, 0.25) is 0 Å². The SMILES string of the molecule is Cc1ccc(NS(=O)(=O)c2cc(-c3noc([C@@H]4[C@@H]5C[C@@H]6[C@@H]4C(=O)O[C@H]6C5)n3)ccc2C)cc1. The summed E-state index contributed by atoms with van der Waals surface area (Å²) in [6, 6.07) is 12.2. The van der Waals surface area contributed by atoms with Gasteiger partial charge in [0.1, 0.15) is 6.10 Å². The van der Waals surface area contributed by atoms with E-state index in [1.807, 2.05) is 19.1 Å². The smallest absolute Gasteiger partial charge is 0.310 e. The average molecular weight is 466 g/mol. The number of nitrogens with zero attached hydrogens (tertiary/aromatic N) is 2. The van der Waals surface area contributed by atoms with Crippen molar-refractivity contribution in [1.82, 2.24) is 10.1 Å². The molecule has 9 heteroatoms. The number of carbonyl (C=O) groups excluding carboxylic acids is 1. The van der Waals surface area contributed by atoms with Crippen molar-refractivity contribution >= 4 is 21.7 Å². The lowest BCUT2D eigenvalue weighted by atomic mass is 9.80. The van der Waals surface area contributed by atoms with Gasteiger partial charge in [-0.05, 0) is 56.4 Å². The first-order valence-corrected chi connectivity index (χ1v) is 12.5. The van der Waals surface area contributed by atoms with Crippen LogP contribution in [0.1, 0.15) is 35.8 Å². The number of aryl methyl sites for hydroxylation is 2. The van der Waals surface area contributed by atoms with Crippen LogP contribution in [0.4, 0.5) is 5.69 Å². The van der Waals surface area contributed by atoms with E-state index < -0.39 is 10.0 Å². The number of nitrogens with one attached hydrogen (secondary N) is 1. The summed E-state index contributed by atoms with van der Waals surface area (Å²) in [5.74, 6) is 0.781. The van der Waals surface area contributed by atoms with Gasteiger partial charge in [0.2, 0.25) is 11.7 Å². The largest absolute Gasteiger partial charge is 0.462 e. The molecule has 1 aromatic heterocycles. The van der Waals surface area contributed by atoms with Gasteiger partial charge in [-0.25, -0.2) is 8.42 Å². The lowest BCUT2D eigenvalue weighted by Crippen LogP contribution is -2.24. The summed E-state index contributed by atoms with van der Waals surface area (Å²) in [6.45, 7) is 3.68. The second-order valence-electron chi connectivity index (χ2n) is 9.33. The lowest BCUT2D eigenvalue weighted by Gasteiger charge is -2.20. The van der Waals surface area contributed by atoms with Crippen LogP contribution in [0, 0.1) is 31.6 Å². The Morgan fingerprint density at radius 1 is 1.03 bits per heavy atom. The minimum atomic E-state index is -3.81. The molecule has 2 aliphatic carbocycles. The molecule has 2 saturated carbocycles. The highest BCUT2D eigenvalue weighted by Gasteiger charge is 2.63. The Labute approximate surface area is 191 Å². The molecule has 3 aliphatic rings. The number of sulfonamides is 1. The molecule has 0 spiro atoms. The van der Waals surface area contributed by atoms with E-state index in [1.54, 1.807) is 37.3 Å². The molecule has 33 heavy (non-hydrogen) atoms. The van der Waals surface area contributed by atoms with E-state index in [-0.39, 0.29) is 34.7 Å². The number of hydrogen-bond acceptors (Lipinski definition) is 7. The van der Waals surface area contributed by atoms with Crippen LogP contribution in [-0.2, 0) is 19.6 Å². The van der Waals surface area contributed by atoms with Crippen molar-refractivity contribution in [1.29, 1.82) is 0 Å². The quantitative estimate of drug-likeness (QED) is 0.570. The first-order valence-electron chi connectivity index (χ1n) is 11.0. The molecule has 0 unspecified atom stereocenters. The maximum Gasteiger partial charge on any atom is 0.310 e. The summed E-state index contributed by atoms with van der Waals surface area (Å²) >= 11 is 0. The van der Waals surface area contributed by atoms with Gasteiger partial charge < -0.3 is 9.26 Å². The molecule has 170 valence electrons. The van der Waals surface area contributed by atoms with E-state index in [2.05, 4.69) is 14.9 Å². The second-order valence-corrected chi connectivity index (χ2v) is 11.0. The number of anilines is 1. The number of aromatic nitrogens is 2. The van der Waals surface area contributed by atoms with Crippen LogP contribution >= 0.6 is 0 Å². The third-order valence-electron chi connectivity index (χ3n) is 7.25. The third kappa shape index (κ3) is 3.25. The van der Waals surface area contributed by atoms with Gasteiger partial charge in [-0.2, -0.15) is 4.98 Å². The number of ether oxygens (including phenoxy) is 1. The maximum atomic E-state index is 13.1. The first-order chi connectivity index (χ1) is 15.8. The Morgan fingerprint density at radius 2 is 1.82 bits per heavy atom. The highest BCUT2D eigenvalue weighted by atomic mass is 32.2. The summed E-state index contributed by atoms with van der Waals surface area (Å²) in [7, 11) is -3.81. The molecule has 0 radical (unpaired) electrons. The molecule has 1 N–H and O–H groups in total. The molecule has 2 aromatic carbocycles. The number of benzene rings is 2.